The Morgan fingerprint density at radius 3 is 0.944 bits per heavy atom. The van der Waals surface area contributed by atoms with E-state index in [-0.39, 0.29) is 0 Å². The number of hydrogen-bond acceptors (Lipinski definition) is 0. The van der Waals surface area contributed by atoms with Crippen molar-refractivity contribution in [1.29, 1.82) is 0 Å². The predicted octanol–water partition coefficient (Wildman–Crippen LogP) is 17.5. The summed E-state index contributed by atoms with van der Waals surface area (Å²) in [7, 11) is 0. The minimum absolute atomic E-state index is 1.24. The molecule has 0 atom stereocenters. The van der Waals surface area contributed by atoms with Crippen molar-refractivity contribution in [3.63, 3.8) is 0 Å². The van der Waals surface area contributed by atoms with Crippen LogP contribution in [-0.4, -0.2) is 0 Å². The Bertz CT molecular complexity index is 2130. The first kappa shape index (κ1) is 42.7. The minimum atomic E-state index is 1.24. The van der Waals surface area contributed by atoms with Gasteiger partial charge in [0, 0.05) is 0 Å². The highest BCUT2D eigenvalue weighted by Crippen LogP contribution is 2.37. The summed E-state index contributed by atoms with van der Waals surface area (Å²) in [5.41, 5.74) is 9.99. The molecule has 0 N–H and O–H groups in total. The second-order valence-corrected chi connectivity index (χ2v) is 12.1. The van der Waals surface area contributed by atoms with Crippen LogP contribution in [0.25, 0.3) is 76.8 Å². The fourth-order valence-electron chi connectivity index (χ4n) is 6.26. The SMILES string of the molecule is C=CC.CC.CC.CC.CCC.c1ccc(-c2ccc3cc(-c4cccc5c(-c6ccc7cc(-c8ccccc8)ccc7c6)cccc45)ccc3c2)cc1. The summed E-state index contributed by atoms with van der Waals surface area (Å²) in [6, 6.07) is 61.8. The Morgan fingerprint density at radius 2 is 0.630 bits per heavy atom. The van der Waals surface area contributed by atoms with Gasteiger partial charge in [0.2, 0.25) is 0 Å². The molecule has 8 rings (SSSR count). The monoisotopic (exact) mass is 708 g/mol. The Labute approximate surface area is 326 Å². The largest absolute Gasteiger partial charge is 0.103 e. The summed E-state index contributed by atoms with van der Waals surface area (Å²) >= 11 is 0. The molecule has 0 aliphatic rings. The van der Waals surface area contributed by atoms with Gasteiger partial charge in [0.05, 0.1) is 0 Å². The van der Waals surface area contributed by atoms with Gasteiger partial charge in [-0.25, -0.2) is 0 Å². The summed E-state index contributed by atoms with van der Waals surface area (Å²) < 4.78 is 0. The molecule has 8 aromatic rings. The molecular weight excluding hydrogens is 649 g/mol. The first-order chi connectivity index (χ1) is 26.6. The van der Waals surface area contributed by atoms with Crippen LogP contribution in [0, 0.1) is 0 Å². The number of hydrogen-bond donors (Lipinski definition) is 0. The third kappa shape index (κ3) is 10.7. The first-order valence-electron chi connectivity index (χ1n) is 19.9. The normalized spacial score (nSPS) is 9.72. The highest BCUT2D eigenvalue weighted by atomic mass is 14.1. The van der Waals surface area contributed by atoms with Crippen LogP contribution >= 0.6 is 0 Å². The van der Waals surface area contributed by atoms with Crippen molar-refractivity contribution in [3.05, 3.63) is 183 Å². The van der Waals surface area contributed by atoms with Crippen molar-refractivity contribution < 1.29 is 0 Å². The zero-order chi connectivity index (χ0) is 39.3. The van der Waals surface area contributed by atoms with Crippen molar-refractivity contribution in [2.24, 2.45) is 0 Å². The van der Waals surface area contributed by atoms with Gasteiger partial charge in [-0.2, -0.15) is 0 Å². The molecule has 276 valence electrons. The fourth-order valence-corrected chi connectivity index (χ4v) is 6.26. The summed E-state index contributed by atoms with van der Waals surface area (Å²) in [5, 5.41) is 7.57. The number of allylic oxidation sites excluding steroid dienone is 1. The molecule has 0 aromatic heterocycles. The Balaban J connectivity index is 0.000000591. The van der Waals surface area contributed by atoms with Gasteiger partial charge >= 0.3 is 0 Å². The highest BCUT2D eigenvalue weighted by molar-refractivity contribution is 6.06. The molecule has 0 unspecified atom stereocenters. The van der Waals surface area contributed by atoms with Crippen LogP contribution in [0.4, 0.5) is 0 Å². The summed E-state index contributed by atoms with van der Waals surface area (Å²) in [5.74, 6) is 0. The summed E-state index contributed by atoms with van der Waals surface area (Å²) in [6.07, 6.45) is 3.00. The third-order valence-corrected chi connectivity index (χ3v) is 8.44. The smallest absolute Gasteiger partial charge is 0.00992 e. The van der Waals surface area contributed by atoms with Gasteiger partial charge in [-0.15, -0.1) is 6.58 Å². The van der Waals surface area contributed by atoms with Crippen molar-refractivity contribution >= 4 is 32.3 Å². The quantitative estimate of drug-likeness (QED) is 0.160. The maximum atomic E-state index is 3.36. The van der Waals surface area contributed by atoms with Gasteiger partial charge in [0.25, 0.3) is 0 Å². The highest BCUT2D eigenvalue weighted by Gasteiger charge is 2.11. The van der Waals surface area contributed by atoms with Crippen molar-refractivity contribution in [2.45, 2.75) is 68.7 Å². The van der Waals surface area contributed by atoms with E-state index in [4.69, 9.17) is 0 Å². The number of rotatable bonds is 4. The van der Waals surface area contributed by atoms with Crippen molar-refractivity contribution in [3.8, 4) is 44.5 Å². The Hall–Kier alpha value is -5.72. The molecule has 0 spiro atoms. The molecule has 0 saturated carbocycles. The molecule has 8 aromatic carbocycles. The average molecular weight is 709 g/mol. The molecule has 54 heavy (non-hydrogen) atoms. The zero-order valence-corrected chi connectivity index (χ0v) is 34.2. The molecule has 0 aliphatic carbocycles. The van der Waals surface area contributed by atoms with E-state index in [0.717, 1.165) is 0 Å². The maximum absolute atomic E-state index is 3.36. The maximum Gasteiger partial charge on any atom is -0.00992 e. The second-order valence-electron chi connectivity index (χ2n) is 12.1. The van der Waals surface area contributed by atoms with Gasteiger partial charge in [-0.05, 0) is 108 Å². The van der Waals surface area contributed by atoms with Crippen LogP contribution in [0.15, 0.2) is 183 Å². The third-order valence-electron chi connectivity index (χ3n) is 8.44. The van der Waals surface area contributed by atoms with Crippen molar-refractivity contribution in [2.75, 3.05) is 0 Å². The molecule has 0 bridgehead atoms. The van der Waals surface area contributed by atoms with Crippen molar-refractivity contribution in [1.82, 2.24) is 0 Å². The van der Waals surface area contributed by atoms with E-state index in [1.54, 1.807) is 6.08 Å². The molecule has 0 heteroatoms. The average Bonchev–Trinajstić information content (AvgIpc) is 3.26. The van der Waals surface area contributed by atoms with E-state index in [1.807, 2.05) is 48.5 Å². The summed E-state index contributed by atoms with van der Waals surface area (Å²) in [4.78, 5) is 0. The molecule has 0 aliphatic heterocycles. The van der Waals surface area contributed by atoms with E-state index < -0.39 is 0 Å². The molecule has 0 amide bonds. The first-order valence-corrected chi connectivity index (χ1v) is 19.9. The van der Waals surface area contributed by atoms with Crippen LogP contribution in [0.2, 0.25) is 0 Å². The lowest BCUT2D eigenvalue weighted by Gasteiger charge is -2.13. The predicted molar refractivity (Wildman–Crippen MR) is 247 cm³/mol. The van der Waals surface area contributed by atoms with Gasteiger partial charge in [0.1, 0.15) is 0 Å². The van der Waals surface area contributed by atoms with Gasteiger partial charge in [-0.3, -0.25) is 0 Å². The second kappa shape index (κ2) is 23.1. The van der Waals surface area contributed by atoms with Crippen LogP contribution < -0.4 is 0 Å². The molecule has 0 radical (unpaired) electrons. The number of fused-ring (bicyclic) bond motifs is 3. The van der Waals surface area contributed by atoms with E-state index in [9.17, 15) is 0 Å². The van der Waals surface area contributed by atoms with Crippen LogP contribution in [-0.2, 0) is 0 Å². The van der Waals surface area contributed by atoms with E-state index in [2.05, 4.69) is 190 Å². The van der Waals surface area contributed by atoms with E-state index in [1.165, 1.54) is 83.2 Å². The number of benzene rings is 8. The fraction of sp³-hybridized carbons (Fsp3) is 0.185. The van der Waals surface area contributed by atoms with Gasteiger partial charge in [-0.1, -0.05) is 213 Å². The zero-order valence-electron chi connectivity index (χ0n) is 34.2. The standard InChI is InChI=1S/C42H28.C3H8.C3H6.3C2H6/c1-3-9-29(10-4-1)31-17-19-35-27-37(23-21-33(35)25-31)39-13-7-16-42-40(14-8-15-41(39)42)38-24-22-34-26-32(18-20-36(34)28-38)30-11-5-2-6-12-30;2*1-3-2;3*1-2/h1-28H;3H2,1-2H3;3H,1H2,2H3;3*1-2H3. The molecular formula is C54H60. The lowest BCUT2D eigenvalue weighted by atomic mass is 9.91. The summed E-state index contributed by atoms with van der Waals surface area (Å²) in [6.45, 7) is 21.5. The van der Waals surface area contributed by atoms with Gasteiger partial charge < -0.3 is 0 Å². The Kier molecular flexibility index (Phi) is 18.2. The van der Waals surface area contributed by atoms with Crippen LogP contribution in [0.5, 0.6) is 0 Å². The lowest BCUT2D eigenvalue weighted by Crippen LogP contribution is -1.87. The molecule has 0 heterocycles. The minimum Gasteiger partial charge on any atom is -0.103 e. The van der Waals surface area contributed by atoms with E-state index >= 15 is 0 Å². The molecule has 0 nitrogen and oxygen atoms in total. The van der Waals surface area contributed by atoms with Gasteiger partial charge in [0.15, 0.2) is 0 Å². The molecule has 0 saturated heterocycles. The lowest BCUT2D eigenvalue weighted by molar-refractivity contribution is 1.09. The van der Waals surface area contributed by atoms with Crippen LogP contribution in [0.1, 0.15) is 68.7 Å². The van der Waals surface area contributed by atoms with E-state index in [0.29, 0.717) is 0 Å². The topological polar surface area (TPSA) is 0 Å². The molecule has 0 fully saturated rings. The Morgan fingerprint density at radius 1 is 0.352 bits per heavy atom. The van der Waals surface area contributed by atoms with Crippen LogP contribution in [0.3, 0.4) is 0 Å².